The standard InChI is InChI=1S/C22H23N5O/c1-14-10-17(11-14)23-22(28)20-12-19-18(8-9-21-25-24-15(2)27(19)21)26(20)13-16-6-4-3-5-7-16/h3-9,12,14,17H,10-11,13H2,1-2H3,(H,23,28). The predicted molar refractivity (Wildman–Crippen MR) is 108 cm³/mol. The van der Waals surface area contributed by atoms with Gasteiger partial charge in [0.2, 0.25) is 0 Å². The summed E-state index contributed by atoms with van der Waals surface area (Å²) in [4.78, 5) is 13.1. The van der Waals surface area contributed by atoms with Crippen LogP contribution >= 0.6 is 0 Å². The highest BCUT2D eigenvalue weighted by atomic mass is 16.2. The Morgan fingerprint density at radius 2 is 1.89 bits per heavy atom. The van der Waals surface area contributed by atoms with Crippen LogP contribution in [0.25, 0.3) is 16.7 Å². The number of rotatable bonds is 4. The third-order valence-corrected chi connectivity index (χ3v) is 5.72. The van der Waals surface area contributed by atoms with Crippen molar-refractivity contribution >= 4 is 22.6 Å². The van der Waals surface area contributed by atoms with Crippen molar-refractivity contribution < 1.29 is 4.79 Å². The van der Waals surface area contributed by atoms with Crippen LogP contribution in [0.2, 0.25) is 0 Å². The molecule has 1 aliphatic rings. The lowest BCUT2D eigenvalue weighted by Gasteiger charge is -2.33. The summed E-state index contributed by atoms with van der Waals surface area (Å²) in [7, 11) is 0. The van der Waals surface area contributed by atoms with Crippen molar-refractivity contribution in [1.29, 1.82) is 0 Å². The number of benzene rings is 1. The average molecular weight is 373 g/mol. The number of aromatic nitrogens is 4. The molecule has 6 heteroatoms. The maximum absolute atomic E-state index is 13.1. The molecule has 3 heterocycles. The van der Waals surface area contributed by atoms with E-state index in [2.05, 4.69) is 39.1 Å². The zero-order chi connectivity index (χ0) is 19.3. The Labute approximate surface area is 163 Å². The van der Waals surface area contributed by atoms with E-state index >= 15 is 0 Å². The molecule has 1 N–H and O–H groups in total. The normalized spacial score (nSPS) is 19.1. The minimum absolute atomic E-state index is 0.0112. The van der Waals surface area contributed by atoms with Crippen LogP contribution in [0.15, 0.2) is 48.5 Å². The maximum atomic E-state index is 13.1. The third-order valence-electron chi connectivity index (χ3n) is 5.72. The molecule has 3 aromatic heterocycles. The van der Waals surface area contributed by atoms with Gasteiger partial charge in [-0.25, -0.2) is 0 Å². The van der Waals surface area contributed by atoms with Crippen LogP contribution in [-0.4, -0.2) is 31.1 Å². The Hall–Kier alpha value is -3.15. The number of fused-ring (bicyclic) bond motifs is 3. The van der Waals surface area contributed by atoms with Crippen molar-refractivity contribution in [3.8, 4) is 0 Å². The molecule has 1 aliphatic carbocycles. The molecule has 1 saturated carbocycles. The summed E-state index contributed by atoms with van der Waals surface area (Å²) >= 11 is 0. The molecule has 1 amide bonds. The Bertz CT molecular complexity index is 1170. The molecular weight excluding hydrogens is 350 g/mol. The summed E-state index contributed by atoms with van der Waals surface area (Å²) in [5.74, 6) is 1.50. The number of nitrogens with zero attached hydrogens (tertiary/aromatic N) is 4. The molecular formula is C22H23N5O. The smallest absolute Gasteiger partial charge is 0.268 e. The van der Waals surface area contributed by atoms with Gasteiger partial charge < -0.3 is 9.88 Å². The van der Waals surface area contributed by atoms with Crippen LogP contribution < -0.4 is 5.32 Å². The summed E-state index contributed by atoms with van der Waals surface area (Å²) in [5, 5.41) is 11.6. The lowest BCUT2D eigenvalue weighted by atomic mass is 9.82. The topological polar surface area (TPSA) is 64.2 Å². The number of hydrogen-bond donors (Lipinski definition) is 1. The summed E-state index contributed by atoms with van der Waals surface area (Å²) in [5.41, 5.74) is 4.60. The molecule has 5 rings (SSSR count). The first-order chi connectivity index (χ1) is 13.6. The Balaban J connectivity index is 1.63. The average Bonchev–Trinajstić information content (AvgIpc) is 3.22. The Kier molecular flexibility index (Phi) is 3.93. The van der Waals surface area contributed by atoms with Crippen molar-refractivity contribution in [3.05, 3.63) is 65.6 Å². The molecule has 4 aromatic rings. The predicted octanol–water partition coefficient (Wildman–Crippen LogP) is 3.57. The molecule has 142 valence electrons. The number of carbonyl (C=O) groups is 1. The number of nitrogens with one attached hydrogen (secondary N) is 1. The van der Waals surface area contributed by atoms with Crippen molar-refractivity contribution in [2.24, 2.45) is 5.92 Å². The van der Waals surface area contributed by atoms with Crippen molar-refractivity contribution in [1.82, 2.24) is 24.5 Å². The second-order valence-corrected chi connectivity index (χ2v) is 7.89. The first-order valence-electron chi connectivity index (χ1n) is 9.79. The van der Waals surface area contributed by atoms with Crippen LogP contribution in [0, 0.1) is 12.8 Å². The summed E-state index contributed by atoms with van der Waals surface area (Å²) in [6, 6.07) is 16.5. The molecule has 1 aromatic carbocycles. The zero-order valence-electron chi connectivity index (χ0n) is 16.1. The Morgan fingerprint density at radius 3 is 2.64 bits per heavy atom. The van der Waals surface area contributed by atoms with Crippen LogP contribution in [-0.2, 0) is 6.54 Å². The summed E-state index contributed by atoms with van der Waals surface area (Å²) in [6.07, 6.45) is 2.11. The second kappa shape index (κ2) is 6.48. The lowest BCUT2D eigenvalue weighted by molar-refractivity contribution is 0.0887. The molecule has 6 nitrogen and oxygen atoms in total. The van der Waals surface area contributed by atoms with Crippen molar-refractivity contribution in [3.63, 3.8) is 0 Å². The molecule has 0 unspecified atom stereocenters. The van der Waals surface area contributed by atoms with E-state index in [0.717, 1.165) is 40.9 Å². The highest BCUT2D eigenvalue weighted by molar-refractivity contribution is 5.98. The van der Waals surface area contributed by atoms with Gasteiger partial charge in [0.15, 0.2) is 5.65 Å². The summed E-state index contributed by atoms with van der Waals surface area (Å²) < 4.78 is 4.11. The number of pyridine rings is 1. The fourth-order valence-corrected chi connectivity index (χ4v) is 4.25. The van der Waals surface area contributed by atoms with Crippen LogP contribution in [0.3, 0.4) is 0 Å². The molecule has 0 aliphatic heterocycles. The van der Waals surface area contributed by atoms with E-state index in [1.807, 2.05) is 47.7 Å². The van der Waals surface area contributed by atoms with E-state index in [1.165, 1.54) is 0 Å². The van der Waals surface area contributed by atoms with Gasteiger partial charge in [-0.05, 0) is 49.4 Å². The lowest BCUT2D eigenvalue weighted by Crippen LogP contribution is -2.43. The quantitative estimate of drug-likeness (QED) is 0.595. The van der Waals surface area contributed by atoms with Gasteiger partial charge in [0.25, 0.3) is 5.91 Å². The van der Waals surface area contributed by atoms with Crippen molar-refractivity contribution in [2.45, 2.75) is 39.3 Å². The van der Waals surface area contributed by atoms with Gasteiger partial charge in [-0.1, -0.05) is 37.3 Å². The highest BCUT2D eigenvalue weighted by Crippen LogP contribution is 2.28. The van der Waals surface area contributed by atoms with Gasteiger partial charge in [-0.15, -0.1) is 10.2 Å². The van der Waals surface area contributed by atoms with Gasteiger partial charge in [0.05, 0.1) is 11.0 Å². The first kappa shape index (κ1) is 17.0. The third kappa shape index (κ3) is 2.76. The second-order valence-electron chi connectivity index (χ2n) is 7.89. The fraction of sp³-hybridized carbons (Fsp3) is 0.318. The zero-order valence-corrected chi connectivity index (χ0v) is 16.1. The monoisotopic (exact) mass is 373 g/mol. The van der Waals surface area contributed by atoms with E-state index in [1.54, 1.807) is 0 Å². The fourth-order valence-electron chi connectivity index (χ4n) is 4.25. The molecule has 0 spiro atoms. The van der Waals surface area contributed by atoms with Gasteiger partial charge in [-0.3, -0.25) is 9.20 Å². The number of hydrogen-bond acceptors (Lipinski definition) is 3. The van der Waals surface area contributed by atoms with Crippen LogP contribution in [0.1, 0.15) is 41.6 Å². The molecule has 0 bridgehead atoms. The van der Waals surface area contributed by atoms with Gasteiger partial charge in [0.1, 0.15) is 11.5 Å². The molecule has 28 heavy (non-hydrogen) atoms. The van der Waals surface area contributed by atoms with Gasteiger partial charge in [0, 0.05) is 12.6 Å². The largest absolute Gasteiger partial charge is 0.348 e. The molecule has 0 radical (unpaired) electrons. The van der Waals surface area contributed by atoms with Gasteiger partial charge in [-0.2, -0.15) is 0 Å². The van der Waals surface area contributed by atoms with E-state index < -0.39 is 0 Å². The van der Waals surface area contributed by atoms with E-state index in [-0.39, 0.29) is 11.9 Å². The molecule has 0 atom stereocenters. The van der Waals surface area contributed by atoms with Crippen LogP contribution in [0.4, 0.5) is 0 Å². The maximum Gasteiger partial charge on any atom is 0.268 e. The highest BCUT2D eigenvalue weighted by Gasteiger charge is 2.28. The Morgan fingerprint density at radius 1 is 1.11 bits per heavy atom. The summed E-state index contributed by atoms with van der Waals surface area (Å²) in [6.45, 7) is 4.80. The SMILES string of the molecule is Cc1nnc2ccc3c(cc(C(=O)NC4CC(C)C4)n3Cc3ccccc3)n12. The number of carbonyl (C=O) groups excluding carboxylic acids is 1. The van der Waals surface area contributed by atoms with Crippen LogP contribution in [0.5, 0.6) is 0 Å². The molecule has 1 fully saturated rings. The number of amides is 1. The van der Waals surface area contributed by atoms with Crippen molar-refractivity contribution in [2.75, 3.05) is 0 Å². The van der Waals surface area contributed by atoms with Gasteiger partial charge >= 0.3 is 0 Å². The minimum atomic E-state index is -0.0112. The number of aryl methyl sites for hydroxylation is 1. The van der Waals surface area contributed by atoms with E-state index in [9.17, 15) is 4.79 Å². The first-order valence-corrected chi connectivity index (χ1v) is 9.79. The van der Waals surface area contributed by atoms with E-state index in [0.29, 0.717) is 18.2 Å². The minimum Gasteiger partial charge on any atom is -0.348 e. The molecule has 0 saturated heterocycles. The van der Waals surface area contributed by atoms with E-state index in [4.69, 9.17) is 0 Å².